The topological polar surface area (TPSA) is 50.2 Å². The molecular formula is C21H30N4O. The highest BCUT2D eigenvalue weighted by Crippen LogP contribution is 2.26. The van der Waals surface area contributed by atoms with Crippen molar-refractivity contribution in [3.63, 3.8) is 0 Å². The number of hydrogen-bond donors (Lipinski definition) is 1. The van der Waals surface area contributed by atoms with Crippen LogP contribution >= 0.6 is 0 Å². The van der Waals surface area contributed by atoms with E-state index >= 15 is 0 Å². The number of amides is 2. The van der Waals surface area contributed by atoms with Crippen molar-refractivity contribution < 1.29 is 4.79 Å². The molecule has 2 aromatic rings. The largest absolute Gasteiger partial charge is 0.334 e. The molecule has 1 saturated carbocycles. The van der Waals surface area contributed by atoms with Gasteiger partial charge in [-0.1, -0.05) is 38.0 Å². The van der Waals surface area contributed by atoms with Crippen molar-refractivity contribution in [3.05, 3.63) is 47.3 Å². The van der Waals surface area contributed by atoms with Gasteiger partial charge in [-0.25, -0.2) is 9.48 Å². The van der Waals surface area contributed by atoms with E-state index in [0.717, 1.165) is 35.5 Å². The number of urea groups is 1. The van der Waals surface area contributed by atoms with Gasteiger partial charge in [0.1, 0.15) is 0 Å². The Morgan fingerprint density at radius 3 is 2.69 bits per heavy atom. The smallest absolute Gasteiger partial charge is 0.317 e. The summed E-state index contributed by atoms with van der Waals surface area (Å²) in [5.74, 6) is 0.706. The molecule has 2 atom stereocenters. The lowest BCUT2D eigenvalue weighted by atomic mass is 9.86. The van der Waals surface area contributed by atoms with E-state index in [0.29, 0.717) is 18.5 Å². The quantitative estimate of drug-likeness (QED) is 0.894. The van der Waals surface area contributed by atoms with Crippen molar-refractivity contribution in [1.29, 1.82) is 0 Å². The van der Waals surface area contributed by atoms with Gasteiger partial charge in [0.25, 0.3) is 0 Å². The standard InChI is InChI=1S/C21H30N4O/c1-15-9-8-12-19(13-15)24(4)21(26)22-14-20-16(2)23-25(17(20)3)18-10-6-5-7-11-18/h5-7,10-11,15,19H,8-9,12-14H2,1-4H3,(H,22,26). The van der Waals surface area contributed by atoms with Crippen LogP contribution in [0.5, 0.6) is 0 Å². The number of aryl methyl sites for hydroxylation is 1. The Morgan fingerprint density at radius 2 is 2.00 bits per heavy atom. The lowest BCUT2D eigenvalue weighted by Gasteiger charge is -2.34. The van der Waals surface area contributed by atoms with Crippen LogP contribution in [-0.4, -0.2) is 33.8 Å². The van der Waals surface area contributed by atoms with Gasteiger partial charge >= 0.3 is 6.03 Å². The Balaban J connectivity index is 1.66. The number of rotatable bonds is 4. The van der Waals surface area contributed by atoms with Crippen LogP contribution in [0.25, 0.3) is 5.69 Å². The summed E-state index contributed by atoms with van der Waals surface area (Å²) in [6.45, 7) is 6.85. The van der Waals surface area contributed by atoms with Gasteiger partial charge in [-0.2, -0.15) is 5.10 Å². The summed E-state index contributed by atoms with van der Waals surface area (Å²) in [5.41, 5.74) is 4.16. The normalized spacial score (nSPS) is 20.0. The van der Waals surface area contributed by atoms with Crippen LogP contribution in [0.2, 0.25) is 0 Å². The van der Waals surface area contributed by atoms with Gasteiger partial charge < -0.3 is 10.2 Å². The molecule has 140 valence electrons. The highest BCUT2D eigenvalue weighted by molar-refractivity contribution is 5.74. The van der Waals surface area contributed by atoms with Crippen molar-refractivity contribution in [1.82, 2.24) is 20.0 Å². The molecule has 0 spiro atoms. The van der Waals surface area contributed by atoms with Crippen molar-refractivity contribution in [2.75, 3.05) is 7.05 Å². The second kappa shape index (κ2) is 7.94. The minimum Gasteiger partial charge on any atom is -0.334 e. The lowest BCUT2D eigenvalue weighted by molar-refractivity contribution is 0.160. The molecule has 1 N–H and O–H groups in total. The van der Waals surface area contributed by atoms with E-state index in [1.807, 2.05) is 53.9 Å². The zero-order chi connectivity index (χ0) is 18.7. The minimum atomic E-state index is 0.00959. The molecule has 1 aliphatic carbocycles. The first-order valence-electron chi connectivity index (χ1n) is 9.58. The zero-order valence-corrected chi connectivity index (χ0v) is 16.3. The van der Waals surface area contributed by atoms with E-state index in [1.54, 1.807) is 0 Å². The first-order valence-corrected chi connectivity index (χ1v) is 9.58. The van der Waals surface area contributed by atoms with Gasteiger partial charge in [0, 0.05) is 30.9 Å². The first-order chi connectivity index (χ1) is 12.5. The number of benzene rings is 1. The number of nitrogens with zero attached hydrogens (tertiary/aromatic N) is 3. The van der Waals surface area contributed by atoms with E-state index in [2.05, 4.69) is 24.3 Å². The number of hydrogen-bond acceptors (Lipinski definition) is 2. The molecule has 3 rings (SSSR count). The van der Waals surface area contributed by atoms with Gasteiger partial charge in [-0.15, -0.1) is 0 Å². The van der Waals surface area contributed by atoms with Crippen molar-refractivity contribution in [2.24, 2.45) is 5.92 Å². The molecular weight excluding hydrogens is 324 g/mol. The predicted molar refractivity (Wildman–Crippen MR) is 104 cm³/mol. The number of carbonyl (C=O) groups is 1. The third-order valence-corrected chi connectivity index (χ3v) is 5.64. The molecule has 5 nitrogen and oxygen atoms in total. The molecule has 1 aromatic carbocycles. The fraction of sp³-hybridized carbons (Fsp3) is 0.524. The minimum absolute atomic E-state index is 0.00959. The SMILES string of the molecule is Cc1nn(-c2ccccc2)c(C)c1CNC(=O)N(C)C1CCCC(C)C1. The van der Waals surface area contributed by atoms with E-state index in [9.17, 15) is 4.79 Å². The molecule has 2 amide bonds. The maximum absolute atomic E-state index is 12.6. The second-order valence-corrected chi connectivity index (χ2v) is 7.59. The zero-order valence-electron chi connectivity index (χ0n) is 16.3. The number of aromatic nitrogens is 2. The van der Waals surface area contributed by atoms with Crippen LogP contribution in [0.15, 0.2) is 30.3 Å². The van der Waals surface area contributed by atoms with Crippen LogP contribution in [0.3, 0.4) is 0 Å². The Kier molecular flexibility index (Phi) is 5.64. The highest BCUT2D eigenvalue weighted by Gasteiger charge is 2.25. The first kappa shape index (κ1) is 18.5. The van der Waals surface area contributed by atoms with Gasteiger partial charge in [0.05, 0.1) is 11.4 Å². The number of para-hydroxylation sites is 1. The van der Waals surface area contributed by atoms with Crippen LogP contribution in [0.4, 0.5) is 4.79 Å². The molecule has 0 radical (unpaired) electrons. The van der Waals surface area contributed by atoms with Crippen LogP contribution in [-0.2, 0) is 6.54 Å². The Hall–Kier alpha value is -2.30. The summed E-state index contributed by atoms with van der Waals surface area (Å²) in [4.78, 5) is 14.5. The Labute approximate surface area is 156 Å². The third-order valence-electron chi connectivity index (χ3n) is 5.64. The van der Waals surface area contributed by atoms with E-state index in [4.69, 9.17) is 0 Å². The molecule has 2 unspecified atom stereocenters. The molecule has 0 aliphatic heterocycles. The summed E-state index contributed by atoms with van der Waals surface area (Å²) < 4.78 is 1.95. The molecule has 5 heteroatoms. The van der Waals surface area contributed by atoms with Crippen LogP contribution < -0.4 is 5.32 Å². The molecule has 1 aromatic heterocycles. The fourth-order valence-electron chi connectivity index (χ4n) is 3.96. The Bertz CT molecular complexity index is 753. The average Bonchev–Trinajstić information content (AvgIpc) is 2.93. The van der Waals surface area contributed by atoms with E-state index in [-0.39, 0.29) is 6.03 Å². The molecule has 0 saturated heterocycles. The number of carbonyl (C=O) groups excluding carboxylic acids is 1. The summed E-state index contributed by atoms with van der Waals surface area (Å²) in [7, 11) is 1.92. The molecule has 1 heterocycles. The third kappa shape index (κ3) is 3.92. The van der Waals surface area contributed by atoms with E-state index in [1.165, 1.54) is 12.8 Å². The molecule has 1 fully saturated rings. The average molecular weight is 354 g/mol. The highest BCUT2D eigenvalue weighted by atomic mass is 16.2. The second-order valence-electron chi connectivity index (χ2n) is 7.59. The summed E-state index contributed by atoms with van der Waals surface area (Å²) in [6, 6.07) is 10.5. The van der Waals surface area contributed by atoms with Gasteiger partial charge in [0.2, 0.25) is 0 Å². The van der Waals surface area contributed by atoms with Crippen LogP contribution in [0, 0.1) is 19.8 Å². The fourth-order valence-corrected chi connectivity index (χ4v) is 3.96. The molecule has 0 bridgehead atoms. The maximum Gasteiger partial charge on any atom is 0.317 e. The van der Waals surface area contributed by atoms with E-state index < -0.39 is 0 Å². The van der Waals surface area contributed by atoms with Crippen molar-refractivity contribution in [2.45, 2.75) is 59.0 Å². The maximum atomic E-state index is 12.6. The predicted octanol–water partition coefficient (Wildman–Crippen LogP) is 4.21. The van der Waals surface area contributed by atoms with Gasteiger partial charge in [-0.05, 0) is 44.7 Å². The van der Waals surface area contributed by atoms with Gasteiger partial charge in [-0.3, -0.25) is 0 Å². The summed E-state index contributed by atoms with van der Waals surface area (Å²) >= 11 is 0. The monoisotopic (exact) mass is 354 g/mol. The van der Waals surface area contributed by atoms with Crippen molar-refractivity contribution >= 4 is 6.03 Å². The van der Waals surface area contributed by atoms with Gasteiger partial charge in [0.15, 0.2) is 0 Å². The lowest BCUT2D eigenvalue weighted by Crippen LogP contribution is -2.45. The number of nitrogens with one attached hydrogen (secondary N) is 1. The summed E-state index contributed by atoms with van der Waals surface area (Å²) in [6.07, 6.45) is 4.71. The molecule has 26 heavy (non-hydrogen) atoms. The Morgan fingerprint density at radius 1 is 1.27 bits per heavy atom. The van der Waals surface area contributed by atoms with Crippen LogP contribution in [0.1, 0.15) is 49.6 Å². The van der Waals surface area contributed by atoms with Crippen molar-refractivity contribution in [3.8, 4) is 5.69 Å². The molecule has 1 aliphatic rings. The summed E-state index contributed by atoms with van der Waals surface area (Å²) in [5, 5.41) is 7.75.